The fourth-order valence-electron chi connectivity index (χ4n) is 2.45. The number of anilines is 1. The molecule has 2 aliphatic rings. The fourth-order valence-corrected chi connectivity index (χ4v) is 2.68. The van der Waals surface area contributed by atoms with E-state index >= 15 is 0 Å². The van der Waals surface area contributed by atoms with Crippen molar-refractivity contribution in [2.24, 2.45) is 0 Å². The van der Waals surface area contributed by atoms with Crippen molar-refractivity contribution in [1.29, 1.82) is 0 Å². The highest BCUT2D eigenvalue weighted by molar-refractivity contribution is 6.33. The van der Waals surface area contributed by atoms with Crippen molar-refractivity contribution in [2.75, 3.05) is 11.4 Å². The third-order valence-corrected chi connectivity index (χ3v) is 3.83. The summed E-state index contributed by atoms with van der Waals surface area (Å²) in [6.07, 6.45) is 7.52. The Labute approximate surface area is 111 Å². The lowest BCUT2D eigenvalue weighted by Gasteiger charge is -2.26. The maximum absolute atomic E-state index is 12.2. The summed E-state index contributed by atoms with van der Waals surface area (Å²) in [5.74, 6) is 0.142. The van der Waals surface area contributed by atoms with E-state index in [9.17, 15) is 4.79 Å². The molecule has 18 heavy (non-hydrogen) atoms. The minimum Gasteiger partial charge on any atom is -0.358 e. The van der Waals surface area contributed by atoms with E-state index < -0.39 is 0 Å². The summed E-state index contributed by atoms with van der Waals surface area (Å²) < 4.78 is 0. The largest absolute Gasteiger partial charge is 0.358 e. The Kier molecular flexibility index (Phi) is 3.12. The number of hydrogen-bond donors (Lipinski definition) is 1. The second-order valence-corrected chi connectivity index (χ2v) is 5.37. The Morgan fingerprint density at radius 3 is 3.00 bits per heavy atom. The van der Waals surface area contributed by atoms with Crippen LogP contribution in [0.25, 0.3) is 0 Å². The van der Waals surface area contributed by atoms with Crippen LogP contribution in [0.3, 0.4) is 0 Å². The molecule has 1 amide bonds. The molecule has 1 aromatic heterocycles. The summed E-state index contributed by atoms with van der Waals surface area (Å²) >= 11 is 6.16. The average molecular weight is 266 g/mol. The van der Waals surface area contributed by atoms with Crippen LogP contribution >= 0.6 is 11.6 Å². The van der Waals surface area contributed by atoms with Crippen LogP contribution in [0.5, 0.6) is 0 Å². The quantitative estimate of drug-likeness (QED) is 0.909. The second-order valence-electron chi connectivity index (χ2n) is 4.96. The van der Waals surface area contributed by atoms with Crippen LogP contribution in [-0.2, 0) is 4.79 Å². The topological polar surface area (TPSA) is 45.2 Å². The zero-order valence-corrected chi connectivity index (χ0v) is 10.9. The van der Waals surface area contributed by atoms with Crippen LogP contribution < -0.4 is 10.2 Å². The Morgan fingerprint density at radius 1 is 1.44 bits per heavy atom. The number of halogens is 1. The van der Waals surface area contributed by atoms with Crippen LogP contribution in [0.15, 0.2) is 18.5 Å². The number of aromatic nitrogens is 1. The van der Waals surface area contributed by atoms with E-state index in [1.54, 1.807) is 12.4 Å². The first-order valence-corrected chi connectivity index (χ1v) is 6.80. The molecular formula is C13H16ClN3O. The van der Waals surface area contributed by atoms with Gasteiger partial charge in [0.1, 0.15) is 6.04 Å². The van der Waals surface area contributed by atoms with Crippen LogP contribution in [0.1, 0.15) is 25.7 Å². The lowest BCUT2D eigenvalue weighted by Crippen LogP contribution is -2.44. The number of amides is 1. The molecule has 1 saturated carbocycles. The predicted octanol–water partition coefficient (Wildman–Crippen LogP) is 1.98. The van der Waals surface area contributed by atoms with Gasteiger partial charge in [-0.2, -0.15) is 0 Å². The molecule has 1 aromatic rings. The fraction of sp³-hybridized carbons (Fsp3) is 0.538. The predicted molar refractivity (Wildman–Crippen MR) is 70.8 cm³/mol. The maximum Gasteiger partial charge on any atom is 0.242 e. The number of nitrogens with one attached hydrogen (secondary N) is 1. The van der Waals surface area contributed by atoms with Crippen molar-refractivity contribution in [1.82, 2.24) is 10.3 Å². The van der Waals surface area contributed by atoms with Gasteiger partial charge in [0.15, 0.2) is 0 Å². The molecule has 1 aliphatic heterocycles. The molecule has 2 heterocycles. The number of carbonyl (C=O) groups is 1. The number of nitrogens with zero attached hydrogens (tertiary/aromatic N) is 2. The highest BCUT2D eigenvalue weighted by Crippen LogP contribution is 2.31. The molecule has 0 unspecified atom stereocenters. The molecule has 0 spiro atoms. The first-order valence-electron chi connectivity index (χ1n) is 6.42. The van der Waals surface area contributed by atoms with Crippen LogP contribution in [0.4, 0.5) is 5.69 Å². The lowest BCUT2D eigenvalue weighted by atomic mass is 10.2. The molecule has 2 fully saturated rings. The van der Waals surface area contributed by atoms with Gasteiger partial charge in [0, 0.05) is 25.0 Å². The van der Waals surface area contributed by atoms with Crippen LogP contribution in [-0.4, -0.2) is 29.5 Å². The molecule has 3 rings (SSSR count). The van der Waals surface area contributed by atoms with Gasteiger partial charge < -0.3 is 10.2 Å². The molecule has 0 aromatic carbocycles. The second kappa shape index (κ2) is 4.76. The summed E-state index contributed by atoms with van der Waals surface area (Å²) in [5, 5.41) is 3.69. The molecule has 1 saturated heterocycles. The molecular weight excluding hydrogens is 250 g/mol. The minimum absolute atomic E-state index is 0.0782. The van der Waals surface area contributed by atoms with E-state index in [-0.39, 0.29) is 11.9 Å². The van der Waals surface area contributed by atoms with Crippen molar-refractivity contribution >= 4 is 23.2 Å². The van der Waals surface area contributed by atoms with Gasteiger partial charge in [0.2, 0.25) is 5.91 Å². The van der Waals surface area contributed by atoms with Crippen molar-refractivity contribution in [2.45, 2.75) is 37.8 Å². The molecule has 5 heteroatoms. The van der Waals surface area contributed by atoms with Crippen molar-refractivity contribution in [3.8, 4) is 0 Å². The highest BCUT2D eigenvalue weighted by atomic mass is 35.5. The molecule has 96 valence electrons. The number of hydrogen-bond acceptors (Lipinski definition) is 3. The monoisotopic (exact) mass is 265 g/mol. The Bertz CT molecular complexity index is 461. The lowest BCUT2D eigenvalue weighted by molar-refractivity contribution is -0.122. The zero-order chi connectivity index (χ0) is 12.5. The van der Waals surface area contributed by atoms with Gasteiger partial charge in [-0.3, -0.25) is 9.78 Å². The third kappa shape index (κ3) is 2.29. The van der Waals surface area contributed by atoms with Gasteiger partial charge in [-0.15, -0.1) is 0 Å². The Morgan fingerprint density at radius 2 is 2.28 bits per heavy atom. The number of rotatable bonds is 3. The van der Waals surface area contributed by atoms with Gasteiger partial charge >= 0.3 is 0 Å². The normalized spacial score (nSPS) is 23.2. The minimum atomic E-state index is -0.0782. The van der Waals surface area contributed by atoms with Gasteiger partial charge in [0.25, 0.3) is 0 Å². The van der Waals surface area contributed by atoms with Crippen molar-refractivity contribution in [3.63, 3.8) is 0 Å². The molecule has 4 nitrogen and oxygen atoms in total. The van der Waals surface area contributed by atoms with Gasteiger partial charge in [-0.05, 0) is 31.7 Å². The maximum atomic E-state index is 12.2. The van der Waals surface area contributed by atoms with E-state index in [0.29, 0.717) is 11.1 Å². The summed E-state index contributed by atoms with van der Waals surface area (Å²) in [7, 11) is 0. The zero-order valence-electron chi connectivity index (χ0n) is 10.1. The van der Waals surface area contributed by atoms with Crippen LogP contribution in [0, 0.1) is 0 Å². The van der Waals surface area contributed by atoms with Gasteiger partial charge in [-0.25, -0.2) is 0 Å². The van der Waals surface area contributed by atoms with Gasteiger partial charge in [0.05, 0.1) is 10.7 Å². The molecule has 0 bridgehead atoms. The molecule has 1 N–H and O–H groups in total. The Hall–Kier alpha value is -1.29. The van der Waals surface area contributed by atoms with E-state index in [1.165, 1.54) is 0 Å². The summed E-state index contributed by atoms with van der Waals surface area (Å²) in [5.41, 5.74) is 0.917. The first-order chi connectivity index (χ1) is 8.75. The Balaban J connectivity index is 1.78. The van der Waals surface area contributed by atoms with E-state index in [0.717, 1.165) is 37.9 Å². The highest BCUT2D eigenvalue weighted by Gasteiger charge is 2.34. The standard InChI is InChI=1S/C13H16ClN3O/c14-10-8-15-6-5-11(10)17-7-1-2-12(17)13(18)16-9-3-4-9/h5-6,8-9,12H,1-4,7H2,(H,16,18)/t12-/m1/s1. The van der Waals surface area contributed by atoms with Gasteiger partial charge in [-0.1, -0.05) is 11.6 Å². The van der Waals surface area contributed by atoms with E-state index in [2.05, 4.69) is 15.2 Å². The molecule has 1 aliphatic carbocycles. The summed E-state index contributed by atoms with van der Waals surface area (Å²) in [6.45, 7) is 0.881. The summed E-state index contributed by atoms with van der Waals surface area (Å²) in [6, 6.07) is 2.21. The van der Waals surface area contributed by atoms with Crippen molar-refractivity contribution in [3.05, 3.63) is 23.5 Å². The van der Waals surface area contributed by atoms with E-state index in [4.69, 9.17) is 11.6 Å². The van der Waals surface area contributed by atoms with Crippen molar-refractivity contribution < 1.29 is 4.79 Å². The third-order valence-electron chi connectivity index (χ3n) is 3.54. The van der Waals surface area contributed by atoms with E-state index in [1.807, 2.05) is 6.07 Å². The molecule has 1 atom stereocenters. The number of carbonyl (C=O) groups excluding carboxylic acids is 1. The van der Waals surface area contributed by atoms with Crippen LogP contribution in [0.2, 0.25) is 5.02 Å². The number of pyridine rings is 1. The first kappa shape index (κ1) is 11.8. The molecule has 0 radical (unpaired) electrons. The smallest absolute Gasteiger partial charge is 0.242 e. The SMILES string of the molecule is O=C(NC1CC1)[C@H]1CCCN1c1ccncc1Cl. The average Bonchev–Trinajstić information content (AvgIpc) is 3.04. The summed E-state index contributed by atoms with van der Waals surface area (Å²) in [4.78, 5) is 18.3.